The molecule has 6 nitrogen and oxygen atoms in total. The zero-order valence-corrected chi connectivity index (χ0v) is 20.2. The predicted octanol–water partition coefficient (Wildman–Crippen LogP) is 6.54. The number of halogens is 4. The van der Waals surface area contributed by atoms with E-state index in [-0.39, 0.29) is 0 Å². The van der Waals surface area contributed by atoms with Gasteiger partial charge in [0.15, 0.2) is 5.82 Å². The molecule has 0 atom stereocenters. The van der Waals surface area contributed by atoms with E-state index in [1.807, 2.05) is 48.7 Å². The van der Waals surface area contributed by atoms with Crippen molar-refractivity contribution in [2.75, 3.05) is 36.9 Å². The topological polar surface area (TPSA) is 66.5 Å². The molecule has 2 amide bonds. The van der Waals surface area contributed by atoms with Gasteiger partial charge in [-0.25, -0.2) is 9.18 Å². The van der Waals surface area contributed by atoms with Gasteiger partial charge in [-0.15, -0.1) is 0 Å². The Morgan fingerprint density at radius 2 is 1.63 bits per heavy atom. The highest BCUT2D eigenvalue weighted by molar-refractivity contribution is 6.09. The lowest BCUT2D eigenvalue weighted by Gasteiger charge is -2.26. The highest BCUT2D eigenvalue weighted by atomic mass is 19.4. The van der Waals surface area contributed by atoms with E-state index in [0.29, 0.717) is 17.1 Å². The van der Waals surface area contributed by atoms with Crippen molar-refractivity contribution in [3.8, 4) is 11.1 Å². The maximum atomic E-state index is 14.3. The number of hydrogen-bond donors (Lipinski definition) is 2. The lowest BCUT2D eigenvalue weighted by molar-refractivity contribution is -0.139. The first kappa shape index (κ1) is 25.6. The number of benzene rings is 3. The highest BCUT2D eigenvalue weighted by Crippen LogP contribution is 2.35. The van der Waals surface area contributed by atoms with Crippen molar-refractivity contribution in [1.29, 1.82) is 0 Å². The Morgan fingerprint density at radius 3 is 2.34 bits per heavy atom. The SMILES string of the molecule is O=C(Nc1cccc(C(F)(F)F)c1F)Nc1ccc(-c2ccc(CN3CCOCC3)nc2)c2ccccc12. The van der Waals surface area contributed by atoms with Crippen LogP contribution in [0.1, 0.15) is 11.3 Å². The molecule has 10 heteroatoms. The molecular formula is C28H24F4N4O2. The monoisotopic (exact) mass is 524 g/mol. The van der Waals surface area contributed by atoms with Crippen molar-refractivity contribution in [1.82, 2.24) is 9.88 Å². The van der Waals surface area contributed by atoms with Crippen molar-refractivity contribution in [2.24, 2.45) is 0 Å². The zero-order valence-electron chi connectivity index (χ0n) is 20.2. The lowest BCUT2D eigenvalue weighted by atomic mass is 9.98. The minimum Gasteiger partial charge on any atom is -0.379 e. The van der Waals surface area contributed by atoms with Gasteiger partial charge in [-0.2, -0.15) is 13.2 Å². The van der Waals surface area contributed by atoms with E-state index < -0.39 is 29.3 Å². The molecule has 1 aliphatic heterocycles. The van der Waals surface area contributed by atoms with Gasteiger partial charge in [0.1, 0.15) is 0 Å². The first-order chi connectivity index (χ1) is 18.3. The number of nitrogens with zero attached hydrogens (tertiary/aromatic N) is 2. The number of alkyl halides is 3. The molecule has 0 radical (unpaired) electrons. The molecular weight excluding hydrogens is 500 g/mol. The molecule has 0 spiro atoms. The van der Waals surface area contributed by atoms with E-state index in [0.717, 1.165) is 67.2 Å². The van der Waals surface area contributed by atoms with Gasteiger partial charge in [-0.1, -0.05) is 42.5 Å². The maximum absolute atomic E-state index is 14.3. The molecule has 0 bridgehead atoms. The van der Waals surface area contributed by atoms with Crippen LogP contribution in [0.25, 0.3) is 21.9 Å². The fourth-order valence-electron chi connectivity index (χ4n) is 4.45. The average Bonchev–Trinajstić information content (AvgIpc) is 2.91. The Hall–Kier alpha value is -4.02. The summed E-state index contributed by atoms with van der Waals surface area (Å²) in [5, 5.41) is 6.35. The van der Waals surface area contributed by atoms with Crippen LogP contribution in [-0.2, 0) is 17.5 Å². The number of fused-ring (bicyclic) bond motifs is 1. The number of anilines is 2. The molecule has 1 aliphatic rings. The van der Waals surface area contributed by atoms with Crippen molar-refractivity contribution >= 4 is 28.2 Å². The molecule has 1 fully saturated rings. The second-order valence-corrected chi connectivity index (χ2v) is 8.88. The summed E-state index contributed by atoms with van der Waals surface area (Å²) in [6.45, 7) is 3.93. The smallest absolute Gasteiger partial charge is 0.379 e. The van der Waals surface area contributed by atoms with E-state index in [4.69, 9.17) is 4.74 Å². The summed E-state index contributed by atoms with van der Waals surface area (Å²) in [4.78, 5) is 19.5. The van der Waals surface area contributed by atoms with Gasteiger partial charge in [0.2, 0.25) is 0 Å². The largest absolute Gasteiger partial charge is 0.419 e. The van der Waals surface area contributed by atoms with Crippen LogP contribution in [0.15, 0.2) is 72.9 Å². The fourth-order valence-corrected chi connectivity index (χ4v) is 4.45. The molecule has 0 saturated carbocycles. The molecule has 0 aliphatic carbocycles. The number of carbonyl (C=O) groups excluding carboxylic acids is 1. The Bertz CT molecular complexity index is 1450. The van der Waals surface area contributed by atoms with Crippen molar-refractivity contribution < 1.29 is 27.1 Å². The molecule has 1 aromatic heterocycles. The number of aromatic nitrogens is 1. The number of hydrogen-bond acceptors (Lipinski definition) is 4. The Balaban J connectivity index is 1.36. The second-order valence-electron chi connectivity index (χ2n) is 8.88. The molecule has 4 aromatic rings. The van der Waals surface area contributed by atoms with Crippen LogP contribution < -0.4 is 10.6 Å². The third-order valence-corrected chi connectivity index (χ3v) is 6.35. The van der Waals surface area contributed by atoms with E-state index in [1.54, 1.807) is 6.07 Å². The summed E-state index contributed by atoms with van der Waals surface area (Å²) < 4.78 is 58.8. The Kier molecular flexibility index (Phi) is 7.26. The molecule has 5 rings (SSSR count). The summed E-state index contributed by atoms with van der Waals surface area (Å²) in [6, 6.07) is 16.8. The number of ether oxygens (including phenoxy) is 1. The summed E-state index contributed by atoms with van der Waals surface area (Å²) in [5.74, 6) is -1.54. The van der Waals surface area contributed by atoms with E-state index in [2.05, 4.69) is 20.5 Å². The van der Waals surface area contributed by atoms with Gasteiger partial charge < -0.3 is 15.4 Å². The average molecular weight is 525 g/mol. The van der Waals surface area contributed by atoms with Gasteiger partial charge in [0.05, 0.1) is 35.8 Å². The van der Waals surface area contributed by atoms with Gasteiger partial charge in [0.25, 0.3) is 0 Å². The number of rotatable bonds is 5. The van der Waals surface area contributed by atoms with Gasteiger partial charge in [-0.05, 0) is 35.2 Å². The van der Waals surface area contributed by atoms with Crippen molar-refractivity contribution in [3.63, 3.8) is 0 Å². The number of nitrogens with one attached hydrogen (secondary N) is 2. The molecule has 2 N–H and O–H groups in total. The first-order valence-corrected chi connectivity index (χ1v) is 12.0. The van der Waals surface area contributed by atoms with Crippen LogP contribution in [0.3, 0.4) is 0 Å². The quantitative estimate of drug-likeness (QED) is 0.291. The Morgan fingerprint density at radius 1 is 0.895 bits per heavy atom. The van der Waals surface area contributed by atoms with Crippen LogP contribution >= 0.6 is 0 Å². The van der Waals surface area contributed by atoms with E-state index in [9.17, 15) is 22.4 Å². The van der Waals surface area contributed by atoms with Crippen LogP contribution in [0.2, 0.25) is 0 Å². The van der Waals surface area contributed by atoms with Crippen LogP contribution in [-0.4, -0.2) is 42.2 Å². The van der Waals surface area contributed by atoms with Gasteiger partial charge in [-0.3, -0.25) is 9.88 Å². The van der Waals surface area contributed by atoms with E-state index >= 15 is 0 Å². The second kappa shape index (κ2) is 10.8. The summed E-state index contributed by atoms with van der Waals surface area (Å²) in [5.41, 5.74) is 1.16. The Labute approximate surface area is 216 Å². The summed E-state index contributed by atoms with van der Waals surface area (Å²) in [7, 11) is 0. The summed E-state index contributed by atoms with van der Waals surface area (Å²) in [6.07, 6.45) is -3.06. The number of urea groups is 1. The van der Waals surface area contributed by atoms with Crippen LogP contribution in [0, 0.1) is 5.82 Å². The van der Waals surface area contributed by atoms with Gasteiger partial charge >= 0.3 is 12.2 Å². The molecule has 0 unspecified atom stereocenters. The van der Waals surface area contributed by atoms with E-state index in [1.165, 1.54) is 0 Å². The predicted molar refractivity (Wildman–Crippen MR) is 137 cm³/mol. The third kappa shape index (κ3) is 5.61. The summed E-state index contributed by atoms with van der Waals surface area (Å²) >= 11 is 0. The highest BCUT2D eigenvalue weighted by Gasteiger charge is 2.35. The lowest BCUT2D eigenvalue weighted by Crippen LogP contribution is -2.35. The number of pyridine rings is 1. The minimum atomic E-state index is -4.88. The number of amides is 2. The van der Waals surface area contributed by atoms with Crippen molar-refractivity contribution in [2.45, 2.75) is 12.7 Å². The molecule has 2 heterocycles. The maximum Gasteiger partial charge on any atom is 0.419 e. The molecule has 3 aromatic carbocycles. The zero-order chi connectivity index (χ0) is 26.7. The molecule has 196 valence electrons. The van der Waals surface area contributed by atoms with Crippen LogP contribution in [0.5, 0.6) is 0 Å². The third-order valence-electron chi connectivity index (χ3n) is 6.35. The normalized spacial score (nSPS) is 14.4. The first-order valence-electron chi connectivity index (χ1n) is 12.0. The van der Waals surface area contributed by atoms with Gasteiger partial charge in [0, 0.05) is 36.8 Å². The minimum absolute atomic E-state index is 0.422. The number of morpholine rings is 1. The van der Waals surface area contributed by atoms with Crippen LogP contribution in [0.4, 0.5) is 33.7 Å². The molecule has 1 saturated heterocycles. The molecule has 38 heavy (non-hydrogen) atoms. The standard InChI is InChI=1S/C28H24F4N4O2/c29-26-23(28(30,31)32)6-3-7-25(26)35-27(37)34-24-11-10-20(21-4-1-2-5-22(21)24)18-8-9-19(33-16-18)17-36-12-14-38-15-13-36/h1-11,16H,12-15,17H2,(H2,34,35,37). The number of carbonyl (C=O) groups is 1. The van der Waals surface area contributed by atoms with Crippen molar-refractivity contribution in [3.05, 3.63) is 90.0 Å². The fraction of sp³-hybridized carbons (Fsp3) is 0.214.